The maximum atomic E-state index is 5.80. The van der Waals surface area contributed by atoms with E-state index < -0.39 is 0 Å². The van der Waals surface area contributed by atoms with Crippen molar-refractivity contribution in [3.05, 3.63) is 5.56 Å². The molecule has 2 aliphatic rings. The van der Waals surface area contributed by atoms with Crippen molar-refractivity contribution in [1.82, 2.24) is 9.27 Å². The van der Waals surface area contributed by atoms with Crippen molar-refractivity contribution in [3.8, 4) is 0 Å². The number of hydrogen-bond donors (Lipinski definition) is 1. The van der Waals surface area contributed by atoms with Crippen LogP contribution in [-0.4, -0.2) is 41.5 Å². The first-order chi connectivity index (χ1) is 7.75. The van der Waals surface area contributed by atoms with Crippen LogP contribution in [0, 0.1) is 6.92 Å². The Morgan fingerprint density at radius 2 is 1.94 bits per heavy atom. The summed E-state index contributed by atoms with van der Waals surface area (Å²) in [7, 11) is 0. The molecule has 2 heterocycles. The Balaban J connectivity index is 1.66. The first-order valence-corrected chi connectivity index (χ1v) is 6.74. The van der Waals surface area contributed by atoms with Crippen LogP contribution in [0.1, 0.15) is 18.4 Å². The van der Waals surface area contributed by atoms with Gasteiger partial charge in [-0.25, -0.2) is 0 Å². The number of rotatable bonds is 2. The SMILES string of the molecule is Cc1c(N)nsc1N1CCN(C2CC2)CC1. The van der Waals surface area contributed by atoms with Gasteiger partial charge in [0.15, 0.2) is 0 Å². The molecule has 16 heavy (non-hydrogen) atoms. The Kier molecular flexibility index (Phi) is 2.52. The van der Waals surface area contributed by atoms with Crippen molar-refractivity contribution < 1.29 is 0 Å². The van der Waals surface area contributed by atoms with Crippen molar-refractivity contribution in [2.24, 2.45) is 0 Å². The van der Waals surface area contributed by atoms with E-state index in [9.17, 15) is 0 Å². The Bertz CT molecular complexity index is 377. The van der Waals surface area contributed by atoms with Crippen molar-refractivity contribution in [2.45, 2.75) is 25.8 Å². The summed E-state index contributed by atoms with van der Waals surface area (Å²) in [6, 6.07) is 0.898. The minimum atomic E-state index is 0.699. The minimum absolute atomic E-state index is 0.699. The van der Waals surface area contributed by atoms with E-state index in [1.807, 2.05) is 0 Å². The van der Waals surface area contributed by atoms with Crippen molar-refractivity contribution >= 4 is 22.4 Å². The maximum absolute atomic E-state index is 5.80. The van der Waals surface area contributed by atoms with Crippen LogP contribution in [0.25, 0.3) is 0 Å². The van der Waals surface area contributed by atoms with E-state index in [-0.39, 0.29) is 0 Å². The summed E-state index contributed by atoms with van der Waals surface area (Å²) in [5.74, 6) is 0.699. The number of hydrogen-bond acceptors (Lipinski definition) is 5. The lowest BCUT2D eigenvalue weighted by Crippen LogP contribution is -2.47. The van der Waals surface area contributed by atoms with E-state index in [1.54, 1.807) is 11.5 Å². The standard InChI is InChI=1S/C11H18N4S/c1-8-10(12)13-16-11(8)15-6-4-14(5-7-15)9-2-3-9/h9H,2-7H2,1H3,(H2,12,13). The molecular weight excluding hydrogens is 220 g/mol. The second kappa shape index (κ2) is 3.89. The normalized spacial score (nSPS) is 22.7. The van der Waals surface area contributed by atoms with Gasteiger partial charge in [0.1, 0.15) is 10.8 Å². The van der Waals surface area contributed by atoms with E-state index >= 15 is 0 Å². The van der Waals surface area contributed by atoms with Gasteiger partial charge in [-0.15, -0.1) is 0 Å². The third-order valence-electron chi connectivity index (χ3n) is 3.60. The van der Waals surface area contributed by atoms with Gasteiger partial charge in [-0.05, 0) is 31.3 Å². The number of nitrogens with zero attached hydrogens (tertiary/aromatic N) is 3. The van der Waals surface area contributed by atoms with Gasteiger partial charge >= 0.3 is 0 Å². The van der Waals surface area contributed by atoms with Gasteiger partial charge in [-0.3, -0.25) is 4.90 Å². The van der Waals surface area contributed by atoms with Crippen molar-refractivity contribution in [1.29, 1.82) is 0 Å². The molecule has 2 fully saturated rings. The largest absolute Gasteiger partial charge is 0.383 e. The minimum Gasteiger partial charge on any atom is -0.383 e. The molecule has 3 rings (SSSR count). The average molecular weight is 238 g/mol. The van der Waals surface area contributed by atoms with Crippen molar-refractivity contribution in [3.63, 3.8) is 0 Å². The molecule has 1 aliphatic carbocycles. The molecule has 4 nitrogen and oxygen atoms in total. The van der Waals surface area contributed by atoms with Gasteiger partial charge in [0.05, 0.1) is 0 Å². The van der Waals surface area contributed by atoms with Crippen LogP contribution in [0.15, 0.2) is 0 Å². The predicted molar refractivity (Wildman–Crippen MR) is 68.1 cm³/mol. The maximum Gasteiger partial charge on any atom is 0.142 e. The number of nitrogens with two attached hydrogens (primary N) is 1. The highest BCUT2D eigenvalue weighted by Gasteiger charge is 2.31. The number of aromatic nitrogens is 1. The second-order valence-corrected chi connectivity index (χ2v) is 5.50. The van der Waals surface area contributed by atoms with Gasteiger partial charge in [0, 0.05) is 37.8 Å². The highest BCUT2D eigenvalue weighted by atomic mass is 32.1. The van der Waals surface area contributed by atoms with E-state index in [0.717, 1.165) is 24.7 Å². The summed E-state index contributed by atoms with van der Waals surface area (Å²) in [5.41, 5.74) is 6.95. The molecule has 0 aromatic carbocycles. The molecule has 1 saturated heterocycles. The third kappa shape index (κ3) is 1.78. The average Bonchev–Trinajstić information content (AvgIpc) is 3.09. The molecule has 1 aliphatic heterocycles. The topological polar surface area (TPSA) is 45.4 Å². The number of piperazine rings is 1. The molecule has 88 valence electrons. The first-order valence-electron chi connectivity index (χ1n) is 5.96. The summed E-state index contributed by atoms with van der Waals surface area (Å²) in [6.45, 7) is 6.71. The monoisotopic (exact) mass is 238 g/mol. The number of anilines is 2. The molecule has 2 N–H and O–H groups in total. The molecule has 5 heteroatoms. The second-order valence-electron chi connectivity index (χ2n) is 4.75. The molecule has 0 bridgehead atoms. The molecule has 1 aromatic heterocycles. The molecule has 0 spiro atoms. The molecule has 1 aromatic rings. The lowest BCUT2D eigenvalue weighted by atomic mass is 10.2. The molecule has 0 radical (unpaired) electrons. The van der Waals surface area contributed by atoms with Gasteiger partial charge in [0.2, 0.25) is 0 Å². The van der Waals surface area contributed by atoms with Crippen LogP contribution < -0.4 is 10.6 Å². The first kappa shape index (κ1) is 10.4. The quantitative estimate of drug-likeness (QED) is 0.844. The Morgan fingerprint density at radius 3 is 2.44 bits per heavy atom. The summed E-state index contributed by atoms with van der Waals surface area (Å²) in [5, 5.41) is 1.27. The van der Waals surface area contributed by atoms with Crippen LogP contribution >= 0.6 is 11.5 Å². The molecule has 0 amide bonds. The molecule has 1 saturated carbocycles. The van der Waals surface area contributed by atoms with Gasteiger partial charge in [0.25, 0.3) is 0 Å². The van der Waals surface area contributed by atoms with Crippen LogP contribution in [0.5, 0.6) is 0 Å². The third-order valence-corrected chi connectivity index (χ3v) is 4.63. The van der Waals surface area contributed by atoms with E-state index in [2.05, 4.69) is 21.1 Å². The fourth-order valence-electron chi connectivity index (χ4n) is 2.36. The lowest BCUT2D eigenvalue weighted by Gasteiger charge is -2.35. The summed E-state index contributed by atoms with van der Waals surface area (Å²) < 4.78 is 4.22. The van der Waals surface area contributed by atoms with E-state index in [4.69, 9.17) is 5.73 Å². The van der Waals surface area contributed by atoms with E-state index in [1.165, 1.54) is 30.9 Å². The van der Waals surface area contributed by atoms with Crippen LogP contribution in [0.4, 0.5) is 10.8 Å². The predicted octanol–water partition coefficient (Wildman–Crippen LogP) is 1.32. The van der Waals surface area contributed by atoms with Crippen LogP contribution in [0.2, 0.25) is 0 Å². The smallest absolute Gasteiger partial charge is 0.142 e. The number of nitrogen functional groups attached to an aromatic ring is 1. The summed E-state index contributed by atoms with van der Waals surface area (Å²) in [6.07, 6.45) is 2.82. The Labute approximate surface area is 100 Å². The zero-order chi connectivity index (χ0) is 11.1. The van der Waals surface area contributed by atoms with Crippen molar-refractivity contribution in [2.75, 3.05) is 36.8 Å². The zero-order valence-corrected chi connectivity index (χ0v) is 10.5. The summed E-state index contributed by atoms with van der Waals surface area (Å²) in [4.78, 5) is 5.05. The van der Waals surface area contributed by atoms with Gasteiger partial charge < -0.3 is 10.6 Å². The highest BCUT2D eigenvalue weighted by molar-refractivity contribution is 7.10. The molecule has 0 unspecified atom stereocenters. The Morgan fingerprint density at radius 1 is 1.25 bits per heavy atom. The fraction of sp³-hybridized carbons (Fsp3) is 0.727. The molecule has 0 atom stereocenters. The summed E-state index contributed by atoms with van der Waals surface area (Å²) >= 11 is 1.54. The van der Waals surface area contributed by atoms with Gasteiger partial charge in [-0.2, -0.15) is 4.37 Å². The fourth-order valence-corrected chi connectivity index (χ4v) is 3.22. The zero-order valence-electron chi connectivity index (χ0n) is 9.65. The van der Waals surface area contributed by atoms with Crippen LogP contribution in [0.3, 0.4) is 0 Å². The van der Waals surface area contributed by atoms with Gasteiger partial charge in [-0.1, -0.05) is 0 Å². The Hall–Kier alpha value is -0.810. The van der Waals surface area contributed by atoms with E-state index in [0.29, 0.717) is 5.82 Å². The highest BCUT2D eigenvalue weighted by Crippen LogP contribution is 2.32. The lowest BCUT2D eigenvalue weighted by molar-refractivity contribution is 0.248. The molecular formula is C11H18N4S. The van der Waals surface area contributed by atoms with Crippen LogP contribution in [-0.2, 0) is 0 Å².